The molecule has 2 aromatic heterocycles. The number of rotatable bonds is 5. The first-order valence-electron chi connectivity index (χ1n) is 10.7. The van der Waals surface area contributed by atoms with Gasteiger partial charge in [-0.1, -0.05) is 53.7 Å². The van der Waals surface area contributed by atoms with Gasteiger partial charge < -0.3 is 14.7 Å². The average Bonchev–Trinajstić information content (AvgIpc) is 3.59. The highest BCUT2D eigenvalue weighted by Gasteiger charge is 2.46. The number of aliphatic hydroxyl groups is 2. The lowest BCUT2D eigenvalue weighted by Crippen LogP contribution is -2.33. The van der Waals surface area contributed by atoms with Gasteiger partial charge >= 0.3 is 0 Å². The summed E-state index contributed by atoms with van der Waals surface area (Å²) in [4.78, 5) is 11.3. The lowest BCUT2D eigenvalue weighted by Gasteiger charge is -2.26. The number of likely N-dealkylation sites (tertiary alicyclic amines) is 1. The van der Waals surface area contributed by atoms with Gasteiger partial charge in [0.1, 0.15) is 16.9 Å². The first-order chi connectivity index (χ1) is 15.7. The maximum absolute atomic E-state index is 10.4. The monoisotopic (exact) mass is 446 g/mol. The van der Waals surface area contributed by atoms with E-state index >= 15 is 0 Å². The van der Waals surface area contributed by atoms with Crippen molar-refractivity contribution in [3.8, 4) is 33.5 Å². The number of benzene rings is 2. The highest BCUT2D eigenvalue weighted by molar-refractivity contribution is 7.13. The Morgan fingerprint density at radius 3 is 2.81 bits per heavy atom. The standard InChI is InChI=1S/C24H22N4O3S/c29-10-9-28-20(30)12-15-11-18-16(21(15)28)7-4-8-17(18)22-26-23(31-27-22)19-13-32-24(25-19)14-5-2-1-3-6-14/h1-8,13,15,20-21,29-30H,9-12H2. The predicted molar refractivity (Wildman–Crippen MR) is 121 cm³/mol. The van der Waals surface area contributed by atoms with Crippen molar-refractivity contribution >= 4 is 11.3 Å². The summed E-state index contributed by atoms with van der Waals surface area (Å²) in [5, 5.41) is 27.0. The molecule has 4 aromatic rings. The summed E-state index contributed by atoms with van der Waals surface area (Å²) in [6.45, 7) is 0.494. The molecule has 1 saturated heterocycles. The lowest BCUT2D eigenvalue weighted by molar-refractivity contribution is 0.00648. The molecule has 3 unspecified atom stereocenters. The number of hydrogen-bond donors (Lipinski definition) is 2. The molecule has 1 aliphatic carbocycles. The Morgan fingerprint density at radius 2 is 1.97 bits per heavy atom. The summed E-state index contributed by atoms with van der Waals surface area (Å²) in [6.07, 6.45) is 1.06. The Hall–Kier alpha value is -2.91. The second-order valence-electron chi connectivity index (χ2n) is 8.29. The van der Waals surface area contributed by atoms with Crippen LogP contribution in [0.1, 0.15) is 23.6 Å². The van der Waals surface area contributed by atoms with E-state index in [4.69, 9.17) is 4.52 Å². The van der Waals surface area contributed by atoms with Crippen molar-refractivity contribution in [1.82, 2.24) is 20.0 Å². The molecule has 0 spiro atoms. The number of nitrogens with zero attached hydrogens (tertiary/aromatic N) is 4. The van der Waals surface area contributed by atoms with Gasteiger partial charge in [0.25, 0.3) is 5.89 Å². The van der Waals surface area contributed by atoms with Crippen molar-refractivity contribution in [2.45, 2.75) is 25.1 Å². The number of aliphatic hydroxyl groups excluding tert-OH is 2. The lowest BCUT2D eigenvalue weighted by atomic mass is 10.0. The van der Waals surface area contributed by atoms with E-state index in [0.717, 1.165) is 22.6 Å². The zero-order valence-electron chi connectivity index (χ0n) is 17.3. The Balaban J connectivity index is 1.32. The Bertz CT molecular complexity index is 1260. The minimum absolute atomic E-state index is 0.0299. The number of fused-ring (bicyclic) bond motifs is 3. The molecule has 162 valence electrons. The highest BCUT2D eigenvalue weighted by Crippen LogP contribution is 2.50. The quantitative estimate of drug-likeness (QED) is 0.482. The minimum atomic E-state index is -0.505. The van der Waals surface area contributed by atoms with E-state index in [1.54, 1.807) is 11.3 Å². The molecule has 6 rings (SSSR count). The molecule has 3 heterocycles. The highest BCUT2D eigenvalue weighted by atomic mass is 32.1. The van der Waals surface area contributed by atoms with Crippen LogP contribution in [0.25, 0.3) is 33.5 Å². The fourth-order valence-electron chi connectivity index (χ4n) is 5.13. The van der Waals surface area contributed by atoms with E-state index in [0.29, 0.717) is 36.3 Å². The largest absolute Gasteiger partial charge is 0.395 e. The summed E-state index contributed by atoms with van der Waals surface area (Å²) in [6, 6.07) is 16.3. The SMILES string of the molecule is OCCN1C(O)CC2Cc3c(-c4noc(-c5csc(-c6ccccc6)n5)n4)cccc3C21. The maximum atomic E-state index is 10.4. The van der Waals surface area contributed by atoms with Gasteiger partial charge in [-0.3, -0.25) is 4.90 Å². The molecule has 3 atom stereocenters. The van der Waals surface area contributed by atoms with Crippen LogP contribution in [0.15, 0.2) is 58.4 Å². The predicted octanol–water partition coefficient (Wildman–Crippen LogP) is 3.76. The van der Waals surface area contributed by atoms with Crippen molar-refractivity contribution in [3.63, 3.8) is 0 Å². The third-order valence-corrected chi connectivity index (χ3v) is 7.36. The molecule has 1 aliphatic heterocycles. The minimum Gasteiger partial charge on any atom is -0.395 e. The van der Waals surface area contributed by atoms with E-state index in [-0.39, 0.29) is 12.6 Å². The van der Waals surface area contributed by atoms with Crippen molar-refractivity contribution in [3.05, 3.63) is 65.0 Å². The molecule has 32 heavy (non-hydrogen) atoms. The summed E-state index contributed by atoms with van der Waals surface area (Å²) >= 11 is 1.55. The molecule has 8 heteroatoms. The van der Waals surface area contributed by atoms with E-state index < -0.39 is 6.23 Å². The van der Waals surface area contributed by atoms with Crippen LogP contribution >= 0.6 is 11.3 Å². The molecule has 0 saturated carbocycles. The third-order valence-electron chi connectivity index (χ3n) is 6.47. The smallest absolute Gasteiger partial charge is 0.277 e. The molecule has 2 N–H and O–H groups in total. The molecular weight excluding hydrogens is 424 g/mol. The summed E-state index contributed by atoms with van der Waals surface area (Å²) < 4.78 is 5.58. The first kappa shape index (κ1) is 19.8. The molecule has 2 aliphatic rings. The van der Waals surface area contributed by atoms with Gasteiger partial charge in [-0.25, -0.2) is 4.98 Å². The molecule has 0 bridgehead atoms. The molecule has 2 aromatic carbocycles. The summed E-state index contributed by atoms with van der Waals surface area (Å²) in [5.74, 6) is 1.29. The van der Waals surface area contributed by atoms with Crippen molar-refractivity contribution in [1.29, 1.82) is 0 Å². The van der Waals surface area contributed by atoms with Gasteiger partial charge in [-0.05, 0) is 29.9 Å². The van der Waals surface area contributed by atoms with Gasteiger partial charge in [0, 0.05) is 29.1 Å². The first-order valence-corrected chi connectivity index (χ1v) is 11.6. The van der Waals surface area contributed by atoms with Crippen molar-refractivity contribution in [2.75, 3.05) is 13.2 Å². The second-order valence-corrected chi connectivity index (χ2v) is 9.15. The number of hydrogen-bond acceptors (Lipinski definition) is 8. The maximum Gasteiger partial charge on any atom is 0.277 e. The van der Waals surface area contributed by atoms with Gasteiger partial charge in [-0.2, -0.15) is 4.98 Å². The topological polar surface area (TPSA) is 95.5 Å². The zero-order valence-corrected chi connectivity index (χ0v) is 18.1. The second kappa shape index (κ2) is 7.90. The van der Waals surface area contributed by atoms with Gasteiger partial charge in [-0.15, -0.1) is 11.3 Å². The van der Waals surface area contributed by atoms with E-state index in [1.807, 2.05) is 52.7 Å². The van der Waals surface area contributed by atoms with Crippen molar-refractivity contribution < 1.29 is 14.7 Å². The van der Waals surface area contributed by atoms with Crippen LogP contribution in [0.4, 0.5) is 0 Å². The van der Waals surface area contributed by atoms with Crippen LogP contribution < -0.4 is 0 Å². The van der Waals surface area contributed by atoms with Crippen LogP contribution in [-0.2, 0) is 6.42 Å². The molecule has 7 nitrogen and oxygen atoms in total. The summed E-state index contributed by atoms with van der Waals surface area (Å²) in [5.41, 5.74) is 5.08. The Morgan fingerprint density at radius 1 is 1.09 bits per heavy atom. The normalized spacial score (nSPS) is 22.2. The number of β-amino-alcohol motifs (C(OH)–C–C–N with tert-alkyl or cyclic N) is 1. The Kier molecular flexibility index (Phi) is 4.87. The fourth-order valence-corrected chi connectivity index (χ4v) is 5.93. The Labute approximate surface area is 189 Å². The van der Waals surface area contributed by atoms with Crippen molar-refractivity contribution in [2.24, 2.45) is 5.92 Å². The summed E-state index contributed by atoms with van der Waals surface area (Å²) in [7, 11) is 0. The third kappa shape index (κ3) is 3.18. The molecule has 1 fully saturated rings. The van der Waals surface area contributed by atoms with Crippen LogP contribution in [0.5, 0.6) is 0 Å². The molecular formula is C24H22N4O3S. The number of thiazole rings is 1. The zero-order chi connectivity index (χ0) is 21.7. The molecule has 0 radical (unpaired) electrons. The van der Waals surface area contributed by atoms with E-state index in [9.17, 15) is 10.2 Å². The van der Waals surface area contributed by atoms with Gasteiger partial charge in [0.15, 0.2) is 0 Å². The molecule has 0 amide bonds. The van der Waals surface area contributed by atoms with E-state index in [2.05, 4.69) is 21.2 Å². The average molecular weight is 447 g/mol. The van der Waals surface area contributed by atoms with Crippen LogP contribution in [0.2, 0.25) is 0 Å². The van der Waals surface area contributed by atoms with Crippen LogP contribution in [0.3, 0.4) is 0 Å². The van der Waals surface area contributed by atoms with Gasteiger partial charge in [0.05, 0.1) is 6.61 Å². The van der Waals surface area contributed by atoms with Crippen LogP contribution in [-0.4, -0.2) is 49.6 Å². The van der Waals surface area contributed by atoms with Crippen LogP contribution in [0, 0.1) is 5.92 Å². The van der Waals surface area contributed by atoms with E-state index in [1.165, 1.54) is 11.1 Å². The van der Waals surface area contributed by atoms with Gasteiger partial charge in [0.2, 0.25) is 5.82 Å². The number of aromatic nitrogens is 3. The fraction of sp³-hybridized carbons (Fsp3) is 0.292.